The van der Waals surface area contributed by atoms with Gasteiger partial charge in [0.25, 0.3) is 5.91 Å². The highest BCUT2D eigenvalue weighted by molar-refractivity contribution is 7.20. The van der Waals surface area contributed by atoms with Gasteiger partial charge in [0.05, 0.1) is 15.9 Å². The van der Waals surface area contributed by atoms with Crippen LogP contribution in [-0.4, -0.2) is 20.7 Å². The number of benzene rings is 3. The minimum absolute atomic E-state index is 0.249. The molecule has 2 heterocycles. The molecule has 0 bridgehead atoms. The number of carbonyl (C=O) groups excluding carboxylic acids is 1. The van der Waals surface area contributed by atoms with Crippen molar-refractivity contribution in [3.8, 4) is 16.6 Å². The van der Waals surface area contributed by atoms with Crippen LogP contribution < -0.4 is 10.1 Å². The van der Waals surface area contributed by atoms with Gasteiger partial charge in [0, 0.05) is 11.6 Å². The van der Waals surface area contributed by atoms with Gasteiger partial charge in [0.2, 0.25) is 5.13 Å². The predicted octanol–water partition coefficient (Wildman–Crippen LogP) is 5.84. The van der Waals surface area contributed by atoms with E-state index in [1.54, 1.807) is 22.9 Å². The van der Waals surface area contributed by atoms with Crippen LogP contribution in [0.3, 0.4) is 0 Å². The van der Waals surface area contributed by atoms with Crippen molar-refractivity contribution in [1.82, 2.24) is 14.8 Å². The van der Waals surface area contributed by atoms with E-state index in [4.69, 9.17) is 4.74 Å². The lowest BCUT2D eigenvalue weighted by Crippen LogP contribution is -2.15. The molecule has 0 unspecified atom stereocenters. The molecule has 0 aliphatic heterocycles. The van der Waals surface area contributed by atoms with E-state index in [0.717, 1.165) is 15.9 Å². The second-order valence-electron chi connectivity index (χ2n) is 6.94. The summed E-state index contributed by atoms with van der Waals surface area (Å²) in [5.74, 6) is 1.62. The Balaban J connectivity index is 1.40. The lowest BCUT2D eigenvalue weighted by Gasteiger charge is -2.09. The molecule has 0 aliphatic rings. The Kier molecular flexibility index (Phi) is 4.93. The minimum Gasteiger partial charge on any atom is -0.457 e. The number of ether oxygens (including phenoxy) is 1. The van der Waals surface area contributed by atoms with Crippen LogP contribution in [-0.2, 0) is 0 Å². The van der Waals surface area contributed by atoms with Crippen LogP contribution in [0.2, 0.25) is 0 Å². The topological polar surface area (TPSA) is 69.0 Å². The number of rotatable bonds is 5. The zero-order valence-corrected chi connectivity index (χ0v) is 17.5. The SMILES string of the molecule is Cc1cc(NC(=O)c2cccc(Oc3ccccc3)c2)n(-c2nc3ccccc3s2)n1. The van der Waals surface area contributed by atoms with Gasteiger partial charge in [-0.2, -0.15) is 9.78 Å². The normalized spacial score (nSPS) is 10.9. The van der Waals surface area contributed by atoms with E-state index in [1.807, 2.05) is 73.7 Å². The van der Waals surface area contributed by atoms with Crippen LogP contribution in [0.1, 0.15) is 16.1 Å². The van der Waals surface area contributed by atoms with E-state index in [-0.39, 0.29) is 5.91 Å². The maximum atomic E-state index is 13.0. The average molecular weight is 427 g/mol. The van der Waals surface area contributed by atoms with Crippen molar-refractivity contribution in [2.24, 2.45) is 0 Å². The van der Waals surface area contributed by atoms with Crippen LogP contribution in [0.4, 0.5) is 5.82 Å². The number of aromatic nitrogens is 3. The van der Waals surface area contributed by atoms with Gasteiger partial charge in [0.15, 0.2) is 0 Å². The molecule has 3 aromatic carbocycles. The quantitative estimate of drug-likeness (QED) is 0.384. The van der Waals surface area contributed by atoms with Gasteiger partial charge in [0.1, 0.15) is 17.3 Å². The van der Waals surface area contributed by atoms with E-state index in [0.29, 0.717) is 28.0 Å². The Bertz CT molecular complexity index is 1340. The van der Waals surface area contributed by atoms with Gasteiger partial charge in [-0.3, -0.25) is 4.79 Å². The Labute approximate surface area is 182 Å². The largest absolute Gasteiger partial charge is 0.457 e. The first-order valence-corrected chi connectivity index (χ1v) is 10.5. The van der Waals surface area contributed by atoms with Crippen molar-refractivity contribution in [3.05, 3.63) is 96.2 Å². The first-order valence-electron chi connectivity index (χ1n) is 9.73. The zero-order chi connectivity index (χ0) is 21.2. The molecule has 152 valence electrons. The Morgan fingerprint density at radius 2 is 1.71 bits per heavy atom. The summed E-state index contributed by atoms with van der Waals surface area (Å²) in [4.78, 5) is 17.6. The number of carbonyl (C=O) groups is 1. The van der Waals surface area contributed by atoms with Crippen LogP contribution >= 0.6 is 11.3 Å². The highest BCUT2D eigenvalue weighted by atomic mass is 32.1. The van der Waals surface area contributed by atoms with Crippen LogP contribution in [0, 0.1) is 6.92 Å². The number of fused-ring (bicyclic) bond motifs is 1. The average Bonchev–Trinajstić information content (AvgIpc) is 3.37. The molecule has 0 spiro atoms. The number of aryl methyl sites for hydroxylation is 1. The van der Waals surface area contributed by atoms with Crippen molar-refractivity contribution < 1.29 is 9.53 Å². The fourth-order valence-corrected chi connectivity index (χ4v) is 4.13. The molecular formula is C24H18N4O2S. The number of hydrogen-bond acceptors (Lipinski definition) is 5. The first-order chi connectivity index (χ1) is 15.2. The summed E-state index contributed by atoms with van der Waals surface area (Å²) < 4.78 is 8.58. The van der Waals surface area contributed by atoms with Crippen molar-refractivity contribution >= 4 is 33.3 Å². The summed E-state index contributed by atoms with van der Waals surface area (Å²) in [5, 5.41) is 8.18. The number of para-hydroxylation sites is 2. The first kappa shape index (κ1) is 19.0. The van der Waals surface area contributed by atoms with Crippen LogP contribution in [0.15, 0.2) is 84.9 Å². The number of thiazole rings is 1. The van der Waals surface area contributed by atoms with E-state index in [9.17, 15) is 4.79 Å². The summed E-state index contributed by atoms with van der Waals surface area (Å²) in [5.41, 5.74) is 2.18. The van der Waals surface area contributed by atoms with Gasteiger partial charge in [-0.05, 0) is 49.4 Å². The lowest BCUT2D eigenvalue weighted by atomic mass is 10.2. The molecule has 31 heavy (non-hydrogen) atoms. The molecule has 6 nitrogen and oxygen atoms in total. The van der Waals surface area contributed by atoms with Gasteiger partial charge >= 0.3 is 0 Å². The molecule has 1 amide bonds. The molecule has 1 N–H and O–H groups in total. The van der Waals surface area contributed by atoms with Crippen LogP contribution in [0.25, 0.3) is 15.3 Å². The number of hydrogen-bond donors (Lipinski definition) is 1. The Morgan fingerprint density at radius 3 is 2.55 bits per heavy atom. The molecule has 5 aromatic rings. The summed E-state index contributed by atoms with van der Waals surface area (Å²) in [6.45, 7) is 1.88. The van der Waals surface area contributed by atoms with Gasteiger partial charge in [-0.1, -0.05) is 47.7 Å². The standard InChI is InChI=1S/C24H18N4O2S/c1-16-14-22(28(27-16)24-25-20-12-5-6-13-21(20)31-24)26-23(29)17-8-7-11-19(15-17)30-18-9-3-2-4-10-18/h2-15H,1H3,(H,26,29). The molecule has 7 heteroatoms. The highest BCUT2D eigenvalue weighted by Crippen LogP contribution is 2.28. The highest BCUT2D eigenvalue weighted by Gasteiger charge is 2.16. The maximum absolute atomic E-state index is 13.0. The monoisotopic (exact) mass is 426 g/mol. The summed E-state index contributed by atoms with van der Waals surface area (Å²) >= 11 is 1.52. The third-order valence-electron chi connectivity index (χ3n) is 4.61. The van der Waals surface area contributed by atoms with E-state index in [1.165, 1.54) is 11.3 Å². The molecule has 0 saturated heterocycles. The predicted molar refractivity (Wildman–Crippen MR) is 122 cm³/mol. The molecule has 0 radical (unpaired) electrons. The molecule has 0 fully saturated rings. The summed E-state index contributed by atoms with van der Waals surface area (Å²) in [6, 6.07) is 26.3. The second-order valence-corrected chi connectivity index (χ2v) is 7.95. The van der Waals surface area contributed by atoms with Gasteiger partial charge < -0.3 is 10.1 Å². The Morgan fingerprint density at radius 1 is 0.935 bits per heavy atom. The third-order valence-corrected chi connectivity index (χ3v) is 5.62. The maximum Gasteiger partial charge on any atom is 0.256 e. The Hall–Kier alpha value is -3.97. The fraction of sp³-hybridized carbons (Fsp3) is 0.0417. The van der Waals surface area contributed by atoms with E-state index < -0.39 is 0 Å². The molecule has 0 aliphatic carbocycles. The number of amides is 1. The number of nitrogens with zero attached hydrogens (tertiary/aromatic N) is 3. The minimum atomic E-state index is -0.249. The summed E-state index contributed by atoms with van der Waals surface area (Å²) in [6.07, 6.45) is 0. The third kappa shape index (κ3) is 4.04. The molecular weight excluding hydrogens is 408 g/mol. The molecule has 2 aromatic heterocycles. The van der Waals surface area contributed by atoms with Gasteiger partial charge in [-0.15, -0.1) is 0 Å². The van der Waals surface area contributed by atoms with Crippen molar-refractivity contribution in [1.29, 1.82) is 0 Å². The van der Waals surface area contributed by atoms with Crippen molar-refractivity contribution in [2.75, 3.05) is 5.32 Å². The summed E-state index contributed by atoms with van der Waals surface area (Å²) in [7, 11) is 0. The number of anilines is 1. The molecule has 5 rings (SSSR count). The van der Waals surface area contributed by atoms with E-state index >= 15 is 0 Å². The van der Waals surface area contributed by atoms with Crippen molar-refractivity contribution in [3.63, 3.8) is 0 Å². The van der Waals surface area contributed by atoms with E-state index in [2.05, 4.69) is 15.4 Å². The van der Waals surface area contributed by atoms with Gasteiger partial charge in [-0.25, -0.2) is 4.98 Å². The zero-order valence-electron chi connectivity index (χ0n) is 16.6. The lowest BCUT2D eigenvalue weighted by molar-refractivity contribution is 0.102. The second kappa shape index (κ2) is 8.04. The molecule has 0 atom stereocenters. The molecule has 0 saturated carbocycles. The van der Waals surface area contributed by atoms with Crippen molar-refractivity contribution in [2.45, 2.75) is 6.92 Å². The van der Waals surface area contributed by atoms with Crippen LogP contribution in [0.5, 0.6) is 11.5 Å². The fourth-order valence-electron chi connectivity index (χ4n) is 3.20. The smallest absolute Gasteiger partial charge is 0.256 e. The number of nitrogens with one attached hydrogen (secondary N) is 1.